The molecule has 158 valence electrons. The molecule has 0 spiro atoms. The molecular formula is C25H20N4O2S. The molecule has 0 N–H and O–H groups in total. The topological polar surface area (TPSA) is 51.9 Å². The van der Waals surface area contributed by atoms with E-state index in [-0.39, 0.29) is 6.79 Å². The Labute approximate surface area is 189 Å². The molecule has 1 aliphatic heterocycles. The summed E-state index contributed by atoms with van der Waals surface area (Å²) in [4.78, 5) is 7.90. The van der Waals surface area contributed by atoms with Crippen LogP contribution in [0.2, 0.25) is 0 Å². The van der Waals surface area contributed by atoms with Crippen molar-refractivity contribution in [3.63, 3.8) is 0 Å². The van der Waals surface area contributed by atoms with Gasteiger partial charge >= 0.3 is 0 Å². The van der Waals surface area contributed by atoms with Gasteiger partial charge in [-0.2, -0.15) is 0 Å². The SMILES string of the molecule is C1=C(CN(Cc2ccccc2)c2nn3cc(-c4ccc5ccccc5c4)nc3s2)OCO1. The van der Waals surface area contributed by atoms with E-state index in [1.54, 1.807) is 17.6 Å². The average molecular weight is 441 g/mol. The predicted octanol–water partition coefficient (Wildman–Crippen LogP) is 5.46. The van der Waals surface area contributed by atoms with Gasteiger partial charge in [0.25, 0.3) is 0 Å². The molecule has 0 unspecified atom stereocenters. The molecule has 0 aliphatic carbocycles. The summed E-state index contributed by atoms with van der Waals surface area (Å²) in [5, 5.41) is 8.15. The number of fused-ring (bicyclic) bond motifs is 2. The lowest BCUT2D eigenvalue weighted by molar-refractivity contribution is 0.0797. The second-order valence-corrected chi connectivity index (χ2v) is 8.59. The number of hydrogen-bond donors (Lipinski definition) is 0. The third-order valence-electron chi connectivity index (χ3n) is 5.44. The lowest BCUT2D eigenvalue weighted by atomic mass is 10.1. The fraction of sp³-hybridized carbons (Fsp3) is 0.120. The van der Waals surface area contributed by atoms with Gasteiger partial charge in [0.1, 0.15) is 6.26 Å². The predicted molar refractivity (Wildman–Crippen MR) is 126 cm³/mol. The van der Waals surface area contributed by atoms with Crippen LogP contribution in [0.4, 0.5) is 5.13 Å². The van der Waals surface area contributed by atoms with E-state index in [9.17, 15) is 0 Å². The normalized spacial score (nSPS) is 13.2. The van der Waals surface area contributed by atoms with Crippen molar-refractivity contribution in [1.29, 1.82) is 0 Å². The maximum atomic E-state index is 5.56. The summed E-state index contributed by atoms with van der Waals surface area (Å²) in [5.41, 5.74) is 3.22. The second kappa shape index (κ2) is 8.01. The highest BCUT2D eigenvalue weighted by Gasteiger charge is 2.19. The van der Waals surface area contributed by atoms with E-state index in [0.29, 0.717) is 6.54 Å². The van der Waals surface area contributed by atoms with Crippen LogP contribution in [0.1, 0.15) is 5.56 Å². The van der Waals surface area contributed by atoms with E-state index in [1.807, 2.05) is 28.9 Å². The van der Waals surface area contributed by atoms with Gasteiger partial charge in [-0.05, 0) is 22.4 Å². The van der Waals surface area contributed by atoms with Crippen molar-refractivity contribution in [2.75, 3.05) is 18.2 Å². The lowest BCUT2D eigenvalue weighted by Gasteiger charge is -2.21. The maximum absolute atomic E-state index is 5.56. The van der Waals surface area contributed by atoms with Gasteiger partial charge in [0.2, 0.25) is 16.9 Å². The molecule has 0 radical (unpaired) electrons. The number of aromatic nitrogens is 3. The molecule has 3 heterocycles. The zero-order valence-corrected chi connectivity index (χ0v) is 18.0. The molecule has 0 bridgehead atoms. The van der Waals surface area contributed by atoms with E-state index in [0.717, 1.165) is 33.7 Å². The van der Waals surface area contributed by atoms with Crippen LogP contribution in [-0.4, -0.2) is 27.9 Å². The van der Waals surface area contributed by atoms with Crippen molar-refractivity contribution >= 4 is 32.2 Å². The zero-order chi connectivity index (χ0) is 21.3. The average Bonchev–Trinajstić information content (AvgIpc) is 3.56. The molecular weight excluding hydrogens is 420 g/mol. The summed E-state index contributed by atoms with van der Waals surface area (Å²) in [5.74, 6) is 0.797. The summed E-state index contributed by atoms with van der Waals surface area (Å²) in [6.45, 7) is 1.57. The minimum absolute atomic E-state index is 0.269. The highest BCUT2D eigenvalue weighted by atomic mass is 32.1. The number of rotatable bonds is 6. The van der Waals surface area contributed by atoms with E-state index >= 15 is 0 Å². The Hall–Kier alpha value is -3.84. The molecule has 0 saturated carbocycles. The molecule has 6 nitrogen and oxygen atoms in total. The first kappa shape index (κ1) is 18.9. The molecule has 5 aromatic rings. The minimum Gasteiger partial charge on any atom is -0.462 e. The number of imidazole rings is 1. The zero-order valence-electron chi connectivity index (χ0n) is 17.2. The van der Waals surface area contributed by atoms with Gasteiger partial charge in [0.15, 0.2) is 5.76 Å². The third kappa shape index (κ3) is 3.67. The van der Waals surface area contributed by atoms with Crippen LogP contribution < -0.4 is 4.90 Å². The number of ether oxygens (including phenoxy) is 2. The molecule has 0 saturated heterocycles. The van der Waals surface area contributed by atoms with Crippen LogP contribution in [-0.2, 0) is 16.0 Å². The standard InChI is InChI=1S/C25H20N4O2S/c1-2-6-18(7-3-1)13-28(14-22-16-30-17-31-22)25-27-29-15-23(26-24(29)32-25)21-11-10-19-8-4-5-9-20(19)12-21/h1-12,15-16H,13-14,17H2. The Balaban J connectivity index is 1.32. The first-order valence-corrected chi connectivity index (χ1v) is 11.2. The van der Waals surface area contributed by atoms with Crippen LogP contribution in [0.15, 0.2) is 91.0 Å². The lowest BCUT2D eigenvalue weighted by Crippen LogP contribution is -2.25. The molecule has 1 aliphatic rings. The van der Waals surface area contributed by atoms with Gasteiger partial charge < -0.3 is 14.4 Å². The summed E-state index contributed by atoms with van der Waals surface area (Å²) in [7, 11) is 0. The van der Waals surface area contributed by atoms with E-state index in [4.69, 9.17) is 19.6 Å². The molecule has 6 rings (SSSR count). The van der Waals surface area contributed by atoms with Crippen LogP contribution in [0.5, 0.6) is 0 Å². The van der Waals surface area contributed by atoms with Crippen LogP contribution in [0.3, 0.4) is 0 Å². The summed E-state index contributed by atoms with van der Waals surface area (Å²) >= 11 is 1.57. The van der Waals surface area contributed by atoms with Gasteiger partial charge in [-0.15, -0.1) is 5.10 Å². The molecule has 3 aromatic carbocycles. The highest BCUT2D eigenvalue weighted by Crippen LogP contribution is 2.30. The summed E-state index contributed by atoms with van der Waals surface area (Å²) in [6, 6.07) is 25.1. The van der Waals surface area contributed by atoms with Crippen molar-refractivity contribution in [1.82, 2.24) is 14.6 Å². The fourth-order valence-electron chi connectivity index (χ4n) is 3.84. The first-order chi connectivity index (χ1) is 15.8. The minimum atomic E-state index is 0.269. The second-order valence-electron chi connectivity index (χ2n) is 7.65. The largest absolute Gasteiger partial charge is 0.462 e. The van der Waals surface area contributed by atoms with E-state index in [2.05, 4.69) is 59.5 Å². The summed E-state index contributed by atoms with van der Waals surface area (Å²) < 4.78 is 12.7. The molecule has 0 atom stereocenters. The number of hydrogen-bond acceptors (Lipinski definition) is 6. The number of benzene rings is 3. The Bertz CT molecular complexity index is 1390. The maximum Gasteiger partial charge on any atom is 0.229 e. The van der Waals surface area contributed by atoms with Crippen molar-refractivity contribution < 1.29 is 9.47 Å². The van der Waals surface area contributed by atoms with E-state index in [1.165, 1.54) is 16.3 Å². The molecule has 0 amide bonds. The monoisotopic (exact) mass is 440 g/mol. The van der Waals surface area contributed by atoms with Crippen molar-refractivity contribution in [2.24, 2.45) is 0 Å². The Morgan fingerprint density at radius 3 is 2.59 bits per heavy atom. The van der Waals surface area contributed by atoms with Crippen LogP contribution >= 0.6 is 11.3 Å². The number of anilines is 1. The van der Waals surface area contributed by atoms with Gasteiger partial charge in [0.05, 0.1) is 18.4 Å². The van der Waals surface area contributed by atoms with Gasteiger partial charge in [-0.1, -0.05) is 78.1 Å². The Morgan fingerprint density at radius 1 is 0.938 bits per heavy atom. The molecule has 32 heavy (non-hydrogen) atoms. The van der Waals surface area contributed by atoms with Crippen molar-refractivity contribution in [2.45, 2.75) is 6.54 Å². The van der Waals surface area contributed by atoms with Crippen LogP contribution in [0, 0.1) is 0 Å². The number of nitrogens with zero attached hydrogens (tertiary/aromatic N) is 4. The van der Waals surface area contributed by atoms with Crippen molar-refractivity contribution in [3.8, 4) is 11.3 Å². The summed E-state index contributed by atoms with van der Waals surface area (Å²) in [6.07, 6.45) is 3.67. The molecule has 7 heteroatoms. The molecule has 2 aromatic heterocycles. The van der Waals surface area contributed by atoms with E-state index < -0.39 is 0 Å². The Kier molecular flexibility index (Phi) is 4.73. The van der Waals surface area contributed by atoms with Crippen LogP contribution in [0.25, 0.3) is 27.0 Å². The molecule has 0 fully saturated rings. The van der Waals surface area contributed by atoms with Crippen molar-refractivity contribution in [3.05, 3.63) is 96.6 Å². The third-order valence-corrected chi connectivity index (χ3v) is 6.42. The quantitative estimate of drug-likeness (QED) is 0.351. The Morgan fingerprint density at radius 2 is 1.78 bits per heavy atom. The highest BCUT2D eigenvalue weighted by molar-refractivity contribution is 7.20. The smallest absolute Gasteiger partial charge is 0.229 e. The van der Waals surface area contributed by atoms with Gasteiger partial charge in [-0.25, -0.2) is 9.50 Å². The van der Waals surface area contributed by atoms with Gasteiger partial charge in [0, 0.05) is 12.1 Å². The van der Waals surface area contributed by atoms with Gasteiger partial charge in [-0.3, -0.25) is 0 Å². The fourth-order valence-corrected chi connectivity index (χ4v) is 4.72. The first-order valence-electron chi connectivity index (χ1n) is 10.4.